The summed E-state index contributed by atoms with van der Waals surface area (Å²) in [5, 5.41) is 4.47. The molecule has 5 nitrogen and oxygen atoms in total. The number of fused-ring (bicyclic) bond motifs is 1. The molecule has 1 aliphatic carbocycles. The second-order valence-corrected chi connectivity index (χ2v) is 5.82. The molecule has 1 aliphatic rings. The van der Waals surface area contributed by atoms with Gasteiger partial charge in [0.05, 0.1) is 5.69 Å². The van der Waals surface area contributed by atoms with E-state index in [9.17, 15) is 0 Å². The molecule has 0 saturated heterocycles. The van der Waals surface area contributed by atoms with Crippen LogP contribution in [0.3, 0.4) is 0 Å². The van der Waals surface area contributed by atoms with Gasteiger partial charge in [0.2, 0.25) is 0 Å². The fourth-order valence-electron chi connectivity index (χ4n) is 3.43. The number of aromatic nitrogens is 3. The third kappa shape index (κ3) is 2.26. The maximum atomic E-state index is 5.96. The number of hydrogen-bond donors (Lipinski definition) is 1. The van der Waals surface area contributed by atoms with E-state index in [1.54, 1.807) is 0 Å². The first-order chi connectivity index (χ1) is 9.70. The van der Waals surface area contributed by atoms with Crippen LogP contribution < -0.4 is 10.6 Å². The van der Waals surface area contributed by atoms with E-state index in [2.05, 4.69) is 28.1 Å². The highest BCUT2D eigenvalue weighted by Crippen LogP contribution is 2.31. The molecule has 108 valence electrons. The minimum atomic E-state index is 0.489. The maximum Gasteiger partial charge on any atom is 0.154 e. The van der Waals surface area contributed by atoms with E-state index in [0.29, 0.717) is 12.0 Å². The SMILES string of the molecule is Cc1cc2c(N(C)C3CCCCC3CN)nccn2n1. The first kappa shape index (κ1) is 13.4. The van der Waals surface area contributed by atoms with E-state index in [-0.39, 0.29) is 0 Å². The molecule has 0 radical (unpaired) electrons. The van der Waals surface area contributed by atoms with Crippen LogP contribution >= 0.6 is 0 Å². The molecule has 2 heterocycles. The van der Waals surface area contributed by atoms with E-state index in [1.165, 1.54) is 25.7 Å². The van der Waals surface area contributed by atoms with Crippen LogP contribution in [0.1, 0.15) is 31.4 Å². The molecule has 3 rings (SSSR count). The lowest BCUT2D eigenvalue weighted by molar-refractivity contribution is 0.306. The molecule has 2 N–H and O–H groups in total. The van der Waals surface area contributed by atoms with E-state index < -0.39 is 0 Å². The van der Waals surface area contributed by atoms with Crippen LogP contribution in [-0.2, 0) is 0 Å². The number of rotatable bonds is 3. The van der Waals surface area contributed by atoms with Crippen LogP contribution in [-0.4, -0.2) is 34.2 Å². The fourth-order valence-corrected chi connectivity index (χ4v) is 3.43. The molecule has 0 aromatic carbocycles. The van der Waals surface area contributed by atoms with Gasteiger partial charge in [-0.2, -0.15) is 5.10 Å². The van der Waals surface area contributed by atoms with Crippen LogP contribution in [0.5, 0.6) is 0 Å². The molecule has 5 heteroatoms. The molecule has 0 amide bonds. The maximum absolute atomic E-state index is 5.96. The molecule has 2 aromatic rings. The third-order valence-corrected chi connectivity index (χ3v) is 4.49. The minimum absolute atomic E-state index is 0.489. The lowest BCUT2D eigenvalue weighted by Crippen LogP contribution is -2.43. The second kappa shape index (κ2) is 5.40. The Morgan fingerprint density at radius 1 is 1.40 bits per heavy atom. The van der Waals surface area contributed by atoms with Gasteiger partial charge in [0.25, 0.3) is 0 Å². The molecule has 2 aromatic heterocycles. The van der Waals surface area contributed by atoms with Crippen molar-refractivity contribution in [3.8, 4) is 0 Å². The Kier molecular flexibility index (Phi) is 3.61. The molecular weight excluding hydrogens is 250 g/mol. The van der Waals surface area contributed by atoms with Gasteiger partial charge >= 0.3 is 0 Å². The molecule has 0 spiro atoms. The predicted octanol–water partition coefficient (Wildman–Crippen LogP) is 1.99. The Morgan fingerprint density at radius 3 is 3.00 bits per heavy atom. The Morgan fingerprint density at radius 2 is 2.20 bits per heavy atom. The van der Waals surface area contributed by atoms with Crippen molar-refractivity contribution in [2.75, 3.05) is 18.5 Å². The van der Waals surface area contributed by atoms with Gasteiger partial charge in [0.15, 0.2) is 5.82 Å². The molecule has 2 atom stereocenters. The summed E-state index contributed by atoms with van der Waals surface area (Å²) in [4.78, 5) is 6.90. The van der Waals surface area contributed by atoms with E-state index >= 15 is 0 Å². The van der Waals surface area contributed by atoms with Crippen molar-refractivity contribution in [1.29, 1.82) is 0 Å². The van der Waals surface area contributed by atoms with Crippen molar-refractivity contribution in [2.24, 2.45) is 11.7 Å². The van der Waals surface area contributed by atoms with Gasteiger partial charge in [0, 0.05) is 25.5 Å². The Hall–Kier alpha value is -1.62. The summed E-state index contributed by atoms with van der Waals surface area (Å²) in [6.07, 6.45) is 8.75. The predicted molar refractivity (Wildman–Crippen MR) is 80.9 cm³/mol. The zero-order valence-corrected chi connectivity index (χ0v) is 12.3. The lowest BCUT2D eigenvalue weighted by atomic mass is 9.83. The summed E-state index contributed by atoms with van der Waals surface area (Å²) in [5.74, 6) is 1.58. The van der Waals surface area contributed by atoms with Crippen LogP contribution in [0.4, 0.5) is 5.82 Å². The molecule has 0 aliphatic heterocycles. The minimum Gasteiger partial charge on any atom is -0.355 e. The van der Waals surface area contributed by atoms with Gasteiger partial charge in [-0.25, -0.2) is 9.50 Å². The van der Waals surface area contributed by atoms with Crippen molar-refractivity contribution in [1.82, 2.24) is 14.6 Å². The Bertz CT molecular complexity index is 591. The first-order valence-electron chi connectivity index (χ1n) is 7.44. The van der Waals surface area contributed by atoms with Crippen molar-refractivity contribution in [3.05, 3.63) is 24.2 Å². The summed E-state index contributed by atoms with van der Waals surface area (Å²) >= 11 is 0. The number of anilines is 1. The smallest absolute Gasteiger partial charge is 0.154 e. The van der Waals surface area contributed by atoms with Gasteiger partial charge in [0.1, 0.15) is 5.52 Å². The largest absolute Gasteiger partial charge is 0.355 e. The lowest BCUT2D eigenvalue weighted by Gasteiger charge is -2.38. The van der Waals surface area contributed by atoms with Crippen molar-refractivity contribution >= 4 is 11.3 Å². The molecule has 2 unspecified atom stereocenters. The number of aryl methyl sites for hydroxylation is 1. The summed E-state index contributed by atoms with van der Waals surface area (Å²) in [5.41, 5.74) is 8.06. The van der Waals surface area contributed by atoms with Gasteiger partial charge in [-0.05, 0) is 38.3 Å². The van der Waals surface area contributed by atoms with Crippen molar-refractivity contribution in [3.63, 3.8) is 0 Å². The molecule has 1 saturated carbocycles. The van der Waals surface area contributed by atoms with Gasteiger partial charge < -0.3 is 10.6 Å². The van der Waals surface area contributed by atoms with E-state index in [0.717, 1.165) is 23.6 Å². The number of nitrogens with zero attached hydrogens (tertiary/aromatic N) is 4. The average Bonchev–Trinajstić information content (AvgIpc) is 2.86. The first-order valence-corrected chi connectivity index (χ1v) is 7.44. The zero-order valence-electron chi connectivity index (χ0n) is 12.3. The van der Waals surface area contributed by atoms with Crippen LogP contribution in [0.25, 0.3) is 5.52 Å². The van der Waals surface area contributed by atoms with Crippen LogP contribution in [0.15, 0.2) is 18.5 Å². The average molecular weight is 273 g/mol. The highest BCUT2D eigenvalue weighted by atomic mass is 15.3. The van der Waals surface area contributed by atoms with Crippen LogP contribution in [0, 0.1) is 12.8 Å². The van der Waals surface area contributed by atoms with Gasteiger partial charge in [-0.15, -0.1) is 0 Å². The topological polar surface area (TPSA) is 59.5 Å². The highest BCUT2D eigenvalue weighted by Gasteiger charge is 2.29. The van der Waals surface area contributed by atoms with E-state index in [1.807, 2.05) is 23.8 Å². The number of nitrogens with two attached hydrogens (primary N) is 1. The zero-order chi connectivity index (χ0) is 14.1. The summed E-state index contributed by atoms with van der Waals surface area (Å²) in [6, 6.07) is 2.58. The van der Waals surface area contributed by atoms with Crippen molar-refractivity contribution < 1.29 is 0 Å². The standard InChI is InChI=1S/C15H23N5/c1-11-9-14-15(17-7-8-20(14)18-11)19(2)13-6-4-3-5-12(13)10-16/h7-9,12-13H,3-6,10,16H2,1-2H3. The Balaban J connectivity index is 1.96. The number of hydrogen-bond acceptors (Lipinski definition) is 4. The third-order valence-electron chi connectivity index (χ3n) is 4.49. The molecular formula is C15H23N5. The van der Waals surface area contributed by atoms with Gasteiger partial charge in [-0.1, -0.05) is 12.8 Å². The van der Waals surface area contributed by atoms with E-state index in [4.69, 9.17) is 5.73 Å². The monoisotopic (exact) mass is 273 g/mol. The fraction of sp³-hybridized carbons (Fsp3) is 0.600. The summed E-state index contributed by atoms with van der Waals surface area (Å²) in [7, 11) is 2.14. The summed E-state index contributed by atoms with van der Waals surface area (Å²) in [6.45, 7) is 2.77. The molecule has 20 heavy (non-hydrogen) atoms. The molecule has 1 fully saturated rings. The normalized spacial score (nSPS) is 23.1. The second-order valence-electron chi connectivity index (χ2n) is 5.82. The quantitative estimate of drug-likeness (QED) is 0.929. The van der Waals surface area contributed by atoms with Crippen LogP contribution in [0.2, 0.25) is 0 Å². The van der Waals surface area contributed by atoms with Gasteiger partial charge in [-0.3, -0.25) is 0 Å². The summed E-state index contributed by atoms with van der Waals surface area (Å²) < 4.78 is 1.91. The van der Waals surface area contributed by atoms with Crippen molar-refractivity contribution in [2.45, 2.75) is 38.6 Å². The highest BCUT2D eigenvalue weighted by molar-refractivity contribution is 5.69. The molecule has 0 bridgehead atoms. The Labute approximate surface area is 119 Å².